The van der Waals surface area contributed by atoms with E-state index >= 15 is 0 Å². The van der Waals surface area contributed by atoms with E-state index in [1.54, 1.807) is 19.1 Å². The summed E-state index contributed by atoms with van der Waals surface area (Å²) in [5.74, 6) is -2.48. The zero-order valence-electron chi connectivity index (χ0n) is 11.7. The third-order valence-electron chi connectivity index (χ3n) is 2.78. The number of hydrogen-bond donors (Lipinski definition) is 2. The van der Waals surface area contributed by atoms with Gasteiger partial charge in [0.05, 0.1) is 11.1 Å². The van der Waals surface area contributed by atoms with Crippen LogP contribution in [0, 0.1) is 5.82 Å². The Hall–Kier alpha value is -2.40. The lowest BCUT2D eigenvalue weighted by Crippen LogP contribution is -2.08. The van der Waals surface area contributed by atoms with Crippen molar-refractivity contribution in [3.8, 4) is 0 Å². The summed E-state index contributed by atoms with van der Waals surface area (Å²) in [7, 11) is 0. The van der Waals surface area contributed by atoms with Crippen molar-refractivity contribution in [3.63, 3.8) is 0 Å². The van der Waals surface area contributed by atoms with Crippen LogP contribution < -0.4 is 0 Å². The molecule has 0 heterocycles. The van der Waals surface area contributed by atoms with E-state index < -0.39 is 11.9 Å². The number of carboxylic acids is 2. The Bertz CT molecular complexity index is 636. The molecule has 0 saturated carbocycles. The van der Waals surface area contributed by atoms with Crippen LogP contribution in [0.25, 0.3) is 0 Å². The second-order valence-electron chi connectivity index (χ2n) is 4.24. The van der Waals surface area contributed by atoms with Crippen LogP contribution in [-0.4, -0.2) is 22.2 Å². The monoisotopic (exact) mass is 324 g/mol. The number of carboxylic acid groups (broad SMARTS) is 2. The first kappa shape index (κ1) is 17.7. The Morgan fingerprint density at radius 2 is 1.55 bits per heavy atom. The summed E-state index contributed by atoms with van der Waals surface area (Å²) in [5, 5.41) is 18.1. The van der Waals surface area contributed by atoms with E-state index in [0.717, 1.165) is 0 Å². The van der Waals surface area contributed by atoms with Gasteiger partial charge < -0.3 is 10.2 Å². The molecule has 6 heteroatoms. The molecule has 0 aromatic heterocycles. The van der Waals surface area contributed by atoms with Crippen molar-refractivity contribution in [2.45, 2.75) is 13.3 Å². The number of benzene rings is 2. The zero-order chi connectivity index (χ0) is 16.7. The molecule has 116 valence electrons. The lowest BCUT2D eigenvalue weighted by Gasteiger charge is -2.06. The van der Waals surface area contributed by atoms with Crippen molar-refractivity contribution in [2.24, 2.45) is 0 Å². The van der Waals surface area contributed by atoms with Crippen LogP contribution in [0.2, 0.25) is 5.02 Å². The molecule has 0 atom stereocenters. The SMILES string of the molecule is CCc1c(C(=O)O)cccc1C(=O)O.Fc1cccc(Cl)c1. The number of carbonyl (C=O) groups is 2. The van der Waals surface area contributed by atoms with Gasteiger partial charge in [-0.05, 0) is 42.3 Å². The molecule has 0 unspecified atom stereocenters. The molecule has 0 aliphatic heterocycles. The van der Waals surface area contributed by atoms with E-state index in [1.165, 1.54) is 30.3 Å². The van der Waals surface area contributed by atoms with Crippen molar-refractivity contribution in [1.29, 1.82) is 0 Å². The van der Waals surface area contributed by atoms with Crippen molar-refractivity contribution >= 4 is 23.5 Å². The Balaban J connectivity index is 0.000000255. The van der Waals surface area contributed by atoms with Gasteiger partial charge in [0.25, 0.3) is 0 Å². The topological polar surface area (TPSA) is 74.6 Å². The van der Waals surface area contributed by atoms with Gasteiger partial charge in [-0.15, -0.1) is 0 Å². The van der Waals surface area contributed by atoms with Gasteiger partial charge in [0.2, 0.25) is 0 Å². The van der Waals surface area contributed by atoms with E-state index in [9.17, 15) is 14.0 Å². The first-order valence-corrected chi connectivity index (χ1v) is 6.74. The molecular formula is C16H14ClFO4. The van der Waals surface area contributed by atoms with Crippen molar-refractivity contribution in [3.05, 3.63) is 70.0 Å². The van der Waals surface area contributed by atoms with E-state index in [-0.39, 0.29) is 16.9 Å². The zero-order valence-corrected chi connectivity index (χ0v) is 12.5. The standard InChI is InChI=1S/C10H10O4.C6H4ClF/c1-2-6-7(9(11)12)4-3-5-8(6)10(13)14;7-5-2-1-3-6(8)4-5/h3-5H,2H2,1H3,(H,11,12)(H,13,14);1-4H. The molecule has 2 aromatic rings. The van der Waals surface area contributed by atoms with Crippen LogP contribution in [0.5, 0.6) is 0 Å². The quantitative estimate of drug-likeness (QED) is 0.890. The molecule has 2 aromatic carbocycles. The van der Waals surface area contributed by atoms with Gasteiger partial charge in [-0.3, -0.25) is 0 Å². The normalized spacial score (nSPS) is 9.59. The molecule has 0 amide bonds. The van der Waals surface area contributed by atoms with Gasteiger partial charge in [0, 0.05) is 5.02 Å². The first-order valence-electron chi connectivity index (χ1n) is 6.36. The average Bonchev–Trinajstić information content (AvgIpc) is 2.46. The molecule has 0 fully saturated rings. The fourth-order valence-electron chi connectivity index (χ4n) is 1.83. The van der Waals surface area contributed by atoms with Gasteiger partial charge in [-0.2, -0.15) is 0 Å². The van der Waals surface area contributed by atoms with Gasteiger partial charge in [0.1, 0.15) is 5.82 Å². The third kappa shape index (κ3) is 4.86. The van der Waals surface area contributed by atoms with E-state index in [1.807, 2.05) is 0 Å². The Morgan fingerprint density at radius 3 is 1.86 bits per heavy atom. The minimum atomic E-state index is -1.09. The van der Waals surface area contributed by atoms with Crippen LogP contribution in [-0.2, 0) is 6.42 Å². The summed E-state index contributed by atoms with van der Waals surface area (Å²) < 4.78 is 12.1. The lowest BCUT2D eigenvalue weighted by molar-refractivity contribution is 0.0695. The maximum absolute atomic E-state index is 12.1. The molecule has 4 nitrogen and oxygen atoms in total. The maximum Gasteiger partial charge on any atom is 0.335 e. The molecule has 0 aliphatic carbocycles. The van der Waals surface area contributed by atoms with E-state index in [2.05, 4.69) is 0 Å². The predicted octanol–water partition coefficient (Wildman–Crippen LogP) is 4.12. The van der Waals surface area contributed by atoms with Crippen LogP contribution in [0.4, 0.5) is 4.39 Å². The summed E-state index contributed by atoms with van der Waals surface area (Å²) in [6, 6.07) is 10.1. The molecular weight excluding hydrogens is 311 g/mol. The lowest BCUT2D eigenvalue weighted by atomic mass is 9.99. The average molecular weight is 325 g/mol. The predicted molar refractivity (Wildman–Crippen MR) is 81.1 cm³/mol. The molecule has 2 N–H and O–H groups in total. The number of hydrogen-bond acceptors (Lipinski definition) is 2. The second kappa shape index (κ2) is 8.14. The number of halogens is 2. The van der Waals surface area contributed by atoms with Crippen molar-refractivity contribution < 1.29 is 24.2 Å². The van der Waals surface area contributed by atoms with Crippen molar-refractivity contribution in [2.75, 3.05) is 0 Å². The third-order valence-corrected chi connectivity index (χ3v) is 3.01. The highest BCUT2D eigenvalue weighted by Crippen LogP contribution is 2.15. The van der Waals surface area contributed by atoms with E-state index in [4.69, 9.17) is 21.8 Å². The highest BCUT2D eigenvalue weighted by atomic mass is 35.5. The highest BCUT2D eigenvalue weighted by Gasteiger charge is 2.15. The van der Waals surface area contributed by atoms with Gasteiger partial charge in [-0.1, -0.05) is 30.7 Å². The largest absolute Gasteiger partial charge is 0.478 e. The fourth-order valence-corrected chi connectivity index (χ4v) is 2.01. The van der Waals surface area contributed by atoms with Crippen molar-refractivity contribution in [1.82, 2.24) is 0 Å². The highest BCUT2D eigenvalue weighted by molar-refractivity contribution is 6.30. The molecule has 0 radical (unpaired) electrons. The summed E-state index contributed by atoms with van der Waals surface area (Å²) in [4.78, 5) is 21.5. The number of rotatable bonds is 3. The van der Waals surface area contributed by atoms with E-state index in [0.29, 0.717) is 17.0 Å². The Labute approximate surface area is 131 Å². The Morgan fingerprint density at radius 1 is 1.05 bits per heavy atom. The minimum absolute atomic E-state index is 0.0624. The molecule has 0 saturated heterocycles. The minimum Gasteiger partial charge on any atom is -0.478 e. The maximum atomic E-state index is 12.1. The summed E-state index contributed by atoms with van der Waals surface area (Å²) >= 11 is 5.40. The summed E-state index contributed by atoms with van der Waals surface area (Å²) in [6.07, 6.45) is 0.393. The van der Waals surface area contributed by atoms with Crippen LogP contribution in [0.3, 0.4) is 0 Å². The Kier molecular flexibility index (Phi) is 6.53. The molecule has 22 heavy (non-hydrogen) atoms. The van der Waals surface area contributed by atoms with Gasteiger partial charge >= 0.3 is 11.9 Å². The smallest absolute Gasteiger partial charge is 0.335 e. The molecule has 0 bridgehead atoms. The molecule has 2 rings (SSSR count). The van der Waals surface area contributed by atoms with Gasteiger partial charge in [-0.25, -0.2) is 14.0 Å². The first-order chi connectivity index (χ1) is 10.4. The van der Waals surface area contributed by atoms with Crippen LogP contribution in [0.15, 0.2) is 42.5 Å². The molecule has 0 spiro atoms. The van der Waals surface area contributed by atoms with Gasteiger partial charge in [0.15, 0.2) is 0 Å². The summed E-state index contributed by atoms with van der Waals surface area (Å²) in [5.41, 5.74) is 0.493. The second-order valence-corrected chi connectivity index (χ2v) is 4.67. The molecule has 0 aliphatic rings. The summed E-state index contributed by atoms with van der Waals surface area (Å²) in [6.45, 7) is 1.73. The van der Waals surface area contributed by atoms with Crippen LogP contribution >= 0.6 is 11.6 Å². The fraction of sp³-hybridized carbons (Fsp3) is 0.125. The van der Waals surface area contributed by atoms with Crippen LogP contribution in [0.1, 0.15) is 33.2 Å². The number of aromatic carboxylic acids is 2.